The molecule has 6 heteroatoms. The number of thioether (sulfide) groups is 1. The second kappa shape index (κ2) is 6.20. The second-order valence-corrected chi connectivity index (χ2v) is 4.78. The molecule has 88 valence electrons. The summed E-state index contributed by atoms with van der Waals surface area (Å²) in [6.07, 6.45) is -2.18. The molecule has 0 aliphatic heterocycles. The summed E-state index contributed by atoms with van der Waals surface area (Å²) in [7, 11) is 0. The maximum atomic E-state index is 10.7. The number of aliphatic hydroxyl groups excluding tert-OH is 2. The molecule has 2 N–H and O–H groups in total. The predicted octanol–water partition coefficient (Wildman–Crippen LogP) is 1.41. The first-order chi connectivity index (χ1) is 7.50. The van der Waals surface area contributed by atoms with E-state index in [1.165, 1.54) is 6.92 Å². The van der Waals surface area contributed by atoms with Gasteiger partial charge in [-0.05, 0) is 12.1 Å². The van der Waals surface area contributed by atoms with Crippen LogP contribution < -0.4 is 0 Å². The first kappa shape index (κ1) is 13.4. The zero-order valence-electron chi connectivity index (χ0n) is 8.63. The van der Waals surface area contributed by atoms with E-state index in [9.17, 15) is 15.0 Å². The third-order valence-corrected chi connectivity index (χ3v) is 2.99. The Kier molecular flexibility index (Phi) is 5.21. The minimum atomic E-state index is -1.13. The number of halogens is 1. The minimum absolute atomic E-state index is 0.106. The number of rotatable bonds is 4. The van der Waals surface area contributed by atoms with Gasteiger partial charge in [-0.1, -0.05) is 29.4 Å². The molecular weight excluding hydrogens is 250 g/mol. The van der Waals surface area contributed by atoms with Crippen LogP contribution in [0, 0.1) is 0 Å². The molecule has 0 aliphatic rings. The molecular formula is C10H12ClNO3S. The van der Waals surface area contributed by atoms with Gasteiger partial charge in [-0.2, -0.15) is 0 Å². The third-order valence-electron chi connectivity index (χ3n) is 1.86. The summed E-state index contributed by atoms with van der Waals surface area (Å²) in [5, 5.41) is 19.5. The first-order valence-corrected chi connectivity index (χ1v) is 5.99. The molecule has 2 unspecified atom stereocenters. The lowest BCUT2D eigenvalue weighted by Crippen LogP contribution is -2.22. The van der Waals surface area contributed by atoms with Crippen LogP contribution in [0.15, 0.2) is 18.2 Å². The molecule has 1 heterocycles. The van der Waals surface area contributed by atoms with Crippen LogP contribution >= 0.6 is 23.4 Å². The molecule has 0 fully saturated rings. The molecule has 0 aromatic carbocycles. The van der Waals surface area contributed by atoms with E-state index < -0.39 is 12.2 Å². The smallest absolute Gasteiger partial charge is 0.185 e. The molecule has 0 spiro atoms. The van der Waals surface area contributed by atoms with Crippen LogP contribution in [0.25, 0.3) is 0 Å². The zero-order chi connectivity index (χ0) is 12.1. The van der Waals surface area contributed by atoms with Gasteiger partial charge >= 0.3 is 0 Å². The highest BCUT2D eigenvalue weighted by Crippen LogP contribution is 2.19. The average Bonchev–Trinajstić information content (AvgIpc) is 2.24. The van der Waals surface area contributed by atoms with Crippen molar-refractivity contribution in [2.24, 2.45) is 0 Å². The second-order valence-electron chi connectivity index (χ2n) is 3.20. The fourth-order valence-electron chi connectivity index (χ4n) is 1.08. The van der Waals surface area contributed by atoms with E-state index >= 15 is 0 Å². The summed E-state index contributed by atoms with van der Waals surface area (Å²) < 4.78 is 0. The van der Waals surface area contributed by atoms with Crippen molar-refractivity contribution in [3.8, 4) is 0 Å². The van der Waals surface area contributed by atoms with Crippen molar-refractivity contribution < 1.29 is 15.0 Å². The Balaban J connectivity index is 2.62. The Hall–Kier alpha value is -0.620. The molecule has 0 amide bonds. The number of pyridine rings is 1. The third kappa shape index (κ3) is 4.09. The van der Waals surface area contributed by atoms with Crippen LogP contribution in [0.3, 0.4) is 0 Å². The molecule has 0 saturated heterocycles. The summed E-state index contributed by atoms with van der Waals surface area (Å²) >= 11 is 6.61. The molecule has 0 radical (unpaired) electrons. The summed E-state index contributed by atoms with van der Waals surface area (Å²) in [6.45, 7) is 1.40. The topological polar surface area (TPSA) is 70.4 Å². The van der Waals surface area contributed by atoms with E-state index in [0.717, 1.165) is 11.8 Å². The highest BCUT2D eigenvalue weighted by Gasteiger charge is 2.20. The van der Waals surface area contributed by atoms with Crippen LogP contribution in [0.5, 0.6) is 0 Å². The summed E-state index contributed by atoms with van der Waals surface area (Å²) in [5.41, 5.74) is 0.296. The molecule has 0 saturated carbocycles. The van der Waals surface area contributed by atoms with E-state index in [0.29, 0.717) is 5.69 Å². The largest absolute Gasteiger partial charge is 0.389 e. The van der Waals surface area contributed by atoms with Crippen LogP contribution in [0.1, 0.15) is 18.7 Å². The lowest BCUT2D eigenvalue weighted by molar-refractivity contribution is -0.109. The highest BCUT2D eigenvalue weighted by molar-refractivity contribution is 8.13. The lowest BCUT2D eigenvalue weighted by Gasteiger charge is -2.16. The summed E-state index contributed by atoms with van der Waals surface area (Å²) in [4.78, 5) is 14.6. The summed E-state index contributed by atoms with van der Waals surface area (Å²) in [6, 6.07) is 4.78. The van der Waals surface area contributed by atoms with Gasteiger partial charge in [0.2, 0.25) is 0 Å². The first-order valence-electron chi connectivity index (χ1n) is 4.62. The van der Waals surface area contributed by atoms with E-state index in [-0.39, 0.29) is 16.0 Å². The van der Waals surface area contributed by atoms with Crippen LogP contribution in [0.2, 0.25) is 5.15 Å². The Morgan fingerprint density at radius 3 is 2.81 bits per heavy atom. The molecule has 16 heavy (non-hydrogen) atoms. The number of hydrogen-bond donors (Lipinski definition) is 2. The van der Waals surface area contributed by atoms with Crippen molar-refractivity contribution in [2.45, 2.75) is 19.1 Å². The molecule has 2 atom stereocenters. The van der Waals surface area contributed by atoms with E-state index in [2.05, 4.69) is 4.98 Å². The van der Waals surface area contributed by atoms with E-state index in [1.54, 1.807) is 18.2 Å². The number of hydrogen-bond acceptors (Lipinski definition) is 5. The highest BCUT2D eigenvalue weighted by atomic mass is 35.5. The number of aliphatic hydroxyl groups is 2. The quantitative estimate of drug-likeness (QED) is 0.802. The summed E-state index contributed by atoms with van der Waals surface area (Å²) in [5.74, 6) is 0.130. The predicted molar refractivity (Wildman–Crippen MR) is 63.4 cm³/mol. The van der Waals surface area contributed by atoms with Crippen molar-refractivity contribution in [2.75, 3.05) is 5.75 Å². The number of carbonyl (C=O) groups is 1. The van der Waals surface area contributed by atoms with Crippen molar-refractivity contribution >= 4 is 28.5 Å². The van der Waals surface area contributed by atoms with Gasteiger partial charge < -0.3 is 10.2 Å². The van der Waals surface area contributed by atoms with Gasteiger partial charge in [0.05, 0.1) is 11.8 Å². The molecule has 1 aromatic heterocycles. The molecule has 1 aromatic rings. The number of aromatic nitrogens is 1. The van der Waals surface area contributed by atoms with Gasteiger partial charge in [-0.25, -0.2) is 4.98 Å². The molecule has 0 aliphatic carbocycles. The van der Waals surface area contributed by atoms with Gasteiger partial charge in [-0.15, -0.1) is 0 Å². The van der Waals surface area contributed by atoms with E-state index in [1.807, 2.05) is 0 Å². The van der Waals surface area contributed by atoms with E-state index in [4.69, 9.17) is 11.6 Å². The van der Waals surface area contributed by atoms with Gasteiger partial charge in [-0.3, -0.25) is 4.79 Å². The Labute approximate surface area is 103 Å². The normalized spacial score (nSPS) is 14.5. The van der Waals surface area contributed by atoms with Gasteiger partial charge in [0.25, 0.3) is 0 Å². The SMILES string of the molecule is CC(=O)SCC(O)C(O)c1cccc(Cl)n1. The number of nitrogens with zero attached hydrogens (tertiary/aromatic N) is 1. The molecule has 0 bridgehead atoms. The minimum Gasteiger partial charge on any atom is -0.389 e. The van der Waals surface area contributed by atoms with Gasteiger partial charge in [0.15, 0.2) is 5.12 Å². The molecule has 4 nitrogen and oxygen atoms in total. The fourth-order valence-corrected chi connectivity index (χ4v) is 1.84. The van der Waals surface area contributed by atoms with Gasteiger partial charge in [0.1, 0.15) is 11.3 Å². The van der Waals surface area contributed by atoms with Crippen molar-refractivity contribution in [3.05, 3.63) is 29.0 Å². The number of carbonyl (C=O) groups excluding carboxylic acids is 1. The zero-order valence-corrected chi connectivity index (χ0v) is 10.2. The maximum absolute atomic E-state index is 10.7. The van der Waals surface area contributed by atoms with Crippen LogP contribution in [-0.4, -0.2) is 32.2 Å². The Morgan fingerprint density at radius 2 is 2.25 bits per heavy atom. The van der Waals surface area contributed by atoms with Crippen molar-refractivity contribution in [1.82, 2.24) is 4.98 Å². The van der Waals surface area contributed by atoms with Crippen molar-refractivity contribution in [3.63, 3.8) is 0 Å². The maximum Gasteiger partial charge on any atom is 0.185 e. The van der Waals surface area contributed by atoms with Crippen molar-refractivity contribution in [1.29, 1.82) is 0 Å². The Bertz CT molecular complexity index is 375. The molecule has 1 rings (SSSR count). The average molecular weight is 262 g/mol. The monoisotopic (exact) mass is 261 g/mol. The van der Waals surface area contributed by atoms with Gasteiger partial charge in [0, 0.05) is 12.7 Å². The van der Waals surface area contributed by atoms with Crippen LogP contribution in [-0.2, 0) is 4.79 Å². The standard InChI is InChI=1S/C10H12ClNO3S/c1-6(13)16-5-8(14)10(15)7-3-2-4-9(11)12-7/h2-4,8,10,14-15H,5H2,1H3. The lowest BCUT2D eigenvalue weighted by atomic mass is 10.1. The van der Waals surface area contributed by atoms with Crippen LogP contribution in [0.4, 0.5) is 0 Å². The fraction of sp³-hybridized carbons (Fsp3) is 0.400. The Morgan fingerprint density at radius 1 is 1.56 bits per heavy atom.